The van der Waals surface area contributed by atoms with Crippen LogP contribution < -0.4 is 10.6 Å². The SMILES string of the molecule is CCC(=O)N1CCNCC1C1CNCCO1. The third kappa shape index (κ3) is 2.53. The molecule has 0 aromatic rings. The van der Waals surface area contributed by atoms with Gasteiger partial charge >= 0.3 is 0 Å². The van der Waals surface area contributed by atoms with Crippen molar-refractivity contribution in [2.24, 2.45) is 0 Å². The van der Waals surface area contributed by atoms with Crippen LogP contribution in [0.5, 0.6) is 0 Å². The number of carbonyl (C=O) groups is 1. The van der Waals surface area contributed by atoms with Gasteiger partial charge in [0.25, 0.3) is 0 Å². The molecular formula is C11H21N3O2. The molecule has 2 atom stereocenters. The number of hydrogen-bond acceptors (Lipinski definition) is 4. The predicted octanol–water partition coefficient (Wildman–Crippen LogP) is -0.815. The standard InChI is InChI=1S/C11H21N3O2/c1-2-11(15)14-5-3-12-7-9(14)10-8-13-4-6-16-10/h9-10,12-13H,2-8H2,1H3. The fourth-order valence-corrected chi connectivity index (χ4v) is 2.40. The first-order chi connectivity index (χ1) is 7.83. The lowest BCUT2D eigenvalue weighted by molar-refractivity contribution is -0.139. The van der Waals surface area contributed by atoms with Gasteiger partial charge < -0.3 is 20.3 Å². The lowest BCUT2D eigenvalue weighted by atomic mass is 10.1. The van der Waals surface area contributed by atoms with Crippen LogP contribution >= 0.6 is 0 Å². The number of nitrogens with zero attached hydrogens (tertiary/aromatic N) is 1. The summed E-state index contributed by atoms with van der Waals surface area (Å²) in [7, 11) is 0. The van der Waals surface area contributed by atoms with Crippen molar-refractivity contribution in [3.8, 4) is 0 Å². The molecule has 2 heterocycles. The van der Waals surface area contributed by atoms with Crippen LogP contribution in [0, 0.1) is 0 Å². The number of amides is 1. The average molecular weight is 227 g/mol. The van der Waals surface area contributed by atoms with Crippen LogP contribution in [0.3, 0.4) is 0 Å². The second-order valence-electron chi connectivity index (χ2n) is 4.33. The van der Waals surface area contributed by atoms with Crippen LogP contribution in [-0.4, -0.2) is 62.3 Å². The number of ether oxygens (including phenoxy) is 1. The van der Waals surface area contributed by atoms with E-state index in [1.54, 1.807) is 0 Å². The molecule has 5 nitrogen and oxygen atoms in total. The average Bonchev–Trinajstić information content (AvgIpc) is 2.39. The summed E-state index contributed by atoms with van der Waals surface area (Å²) in [6, 6.07) is 0.189. The zero-order valence-electron chi connectivity index (χ0n) is 9.87. The van der Waals surface area contributed by atoms with E-state index < -0.39 is 0 Å². The van der Waals surface area contributed by atoms with E-state index in [9.17, 15) is 4.79 Å². The van der Waals surface area contributed by atoms with E-state index in [4.69, 9.17) is 4.74 Å². The van der Waals surface area contributed by atoms with Crippen LogP contribution in [0.25, 0.3) is 0 Å². The molecule has 2 N–H and O–H groups in total. The van der Waals surface area contributed by atoms with Crippen LogP contribution in [0.1, 0.15) is 13.3 Å². The maximum atomic E-state index is 11.8. The normalized spacial score (nSPS) is 31.4. The van der Waals surface area contributed by atoms with Crippen LogP contribution in [0.4, 0.5) is 0 Å². The molecule has 2 aliphatic heterocycles. The maximum absolute atomic E-state index is 11.8. The van der Waals surface area contributed by atoms with Crippen molar-refractivity contribution in [1.29, 1.82) is 0 Å². The second kappa shape index (κ2) is 5.61. The van der Waals surface area contributed by atoms with Gasteiger partial charge in [-0.15, -0.1) is 0 Å². The molecule has 0 spiro atoms. The topological polar surface area (TPSA) is 53.6 Å². The van der Waals surface area contributed by atoms with Crippen molar-refractivity contribution in [3.05, 3.63) is 0 Å². The third-order valence-electron chi connectivity index (χ3n) is 3.29. The first-order valence-electron chi connectivity index (χ1n) is 6.15. The molecule has 0 aromatic carbocycles. The first kappa shape index (κ1) is 11.8. The molecular weight excluding hydrogens is 206 g/mol. The molecule has 1 amide bonds. The van der Waals surface area contributed by atoms with E-state index in [1.807, 2.05) is 11.8 Å². The van der Waals surface area contributed by atoms with Crippen LogP contribution in [-0.2, 0) is 9.53 Å². The molecule has 0 radical (unpaired) electrons. The molecule has 2 aliphatic rings. The Morgan fingerprint density at radius 3 is 2.88 bits per heavy atom. The molecule has 0 saturated carbocycles. The maximum Gasteiger partial charge on any atom is 0.222 e. The molecule has 0 aliphatic carbocycles. The molecule has 2 unspecified atom stereocenters. The van der Waals surface area contributed by atoms with Gasteiger partial charge in [-0.3, -0.25) is 4.79 Å². The van der Waals surface area contributed by atoms with Crippen molar-refractivity contribution in [2.45, 2.75) is 25.5 Å². The van der Waals surface area contributed by atoms with Gasteiger partial charge in [-0.25, -0.2) is 0 Å². The molecule has 92 valence electrons. The zero-order chi connectivity index (χ0) is 11.4. The van der Waals surface area contributed by atoms with Crippen molar-refractivity contribution in [1.82, 2.24) is 15.5 Å². The monoisotopic (exact) mass is 227 g/mol. The lowest BCUT2D eigenvalue weighted by Crippen LogP contribution is -2.61. The van der Waals surface area contributed by atoms with Crippen LogP contribution in [0.2, 0.25) is 0 Å². The van der Waals surface area contributed by atoms with Gasteiger partial charge in [-0.05, 0) is 0 Å². The minimum absolute atomic E-state index is 0.136. The molecule has 2 fully saturated rings. The Balaban J connectivity index is 2.00. The summed E-state index contributed by atoms with van der Waals surface area (Å²) in [6.45, 7) is 6.96. The summed E-state index contributed by atoms with van der Waals surface area (Å²) in [5.74, 6) is 0.237. The second-order valence-corrected chi connectivity index (χ2v) is 4.33. The van der Waals surface area contributed by atoms with Gasteiger partial charge in [0.15, 0.2) is 0 Å². The minimum atomic E-state index is 0.136. The summed E-state index contributed by atoms with van der Waals surface area (Å²) >= 11 is 0. The van der Waals surface area contributed by atoms with Gasteiger partial charge in [0, 0.05) is 39.1 Å². The minimum Gasteiger partial charge on any atom is -0.373 e. The smallest absolute Gasteiger partial charge is 0.222 e. The quantitative estimate of drug-likeness (QED) is 0.647. The van der Waals surface area contributed by atoms with Crippen LogP contribution in [0.15, 0.2) is 0 Å². The van der Waals surface area contributed by atoms with Crippen molar-refractivity contribution >= 4 is 5.91 Å². The van der Waals surface area contributed by atoms with Crippen molar-refractivity contribution in [3.63, 3.8) is 0 Å². The molecule has 16 heavy (non-hydrogen) atoms. The van der Waals surface area contributed by atoms with Gasteiger partial charge in [-0.1, -0.05) is 6.92 Å². The lowest BCUT2D eigenvalue weighted by Gasteiger charge is -2.41. The number of nitrogens with one attached hydrogen (secondary N) is 2. The van der Waals surface area contributed by atoms with Gasteiger partial charge in [0.1, 0.15) is 0 Å². The summed E-state index contributed by atoms with van der Waals surface area (Å²) in [5.41, 5.74) is 0. The highest BCUT2D eigenvalue weighted by molar-refractivity contribution is 5.76. The number of rotatable bonds is 2. The number of morpholine rings is 1. The predicted molar refractivity (Wildman–Crippen MR) is 61.3 cm³/mol. The highest BCUT2D eigenvalue weighted by atomic mass is 16.5. The van der Waals surface area contributed by atoms with E-state index >= 15 is 0 Å². The summed E-state index contributed by atoms with van der Waals surface area (Å²) < 4.78 is 5.75. The van der Waals surface area contributed by atoms with E-state index in [-0.39, 0.29) is 18.1 Å². The van der Waals surface area contributed by atoms with Gasteiger partial charge in [0.2, 0.25) is 5.91 Å². The molecule has 0 aromatic heterocycles. The third-order valence-corrected chi connectivity index (χ3v) is 3.29. The number of piperazine rings is 1. The van der Waals surface area contributed by atoms with Gasteiger partial charge in [-0.2, -0.15) is 0 Å². The van der Waals surface area contributed by atoms with Crippen molar-refractivity contribution in [2.75, 3.05) is 39.3 Å². The zero-order valence-corrected chi connectivity index (χ0v) is 9.87. The summed E-state index contributed by atoms with van der Waals surface area (Å²) in [6.07, 6.45) is 0.716. The number of carbonyl (C=O) groups excluding carboxylic acids is 1. The Morgan fingerprint density at radius 1 is 1.38 bits per heavy atom. The highest BCUT2D eigenvalue weighted by Crippen LogP contribution is 2.13. The highest BCUT2D eigenvalue weighted by Gasteiger charge is 2.33. The fraction of sp³-hybridized carbons (Fsp3) is 0.909. The Labute approximate surface area is 96.5 Å². The molecule has 5 heteroatoms. The summed E-state index contributed by atoms with van der Waals surface area (Å²) in [4.78, 5) is 13.8. The Morgan fingerprint density at radius 2 is 2.19 bits per heavy atom. The molecule has 2 rings (SSSR count). The van der Waals surface area contributed by atoms with Crippen molar-refractivity contribution < 1.29 is 9.53 Å². The van der Waals surface area contributed by atoms with E-state index in [2.05, 4.69) is 10.6 Å². The molecule has 0 bridgehead atoms. The van der Waals surface area contributed by atoms with E-state index in [0.717, 1.165) is 39.3 Å². The fourth-order valence-electron chi connectivity index (χ4n) is 2.40. The van der Waals surface area contributed by atoms with Gasteiger partial charge in [0.05, 0.1) is 18.8 Å². The Bertz CT molecular complexity index is 241. The summed E-state index contributed by atoms with van der Waals surface area (Å²) in [5, 5.41) is 6.66. The largest absolute Gasteiger partial charge is 0.373 e. The Hall–Kier alpha value is -0.650. The molecule has 2 saturated heterocycles. The van der Waals surface area contributed by atoms with E-state index in [1.165, 1.54) is 0 Å². The Kier molecular flexibility index (Phi) is 4.15. The van der Waals surface area contributed by atoms with E-state index in [0.29, 0.717) is 6.42 Å². The first-order valence-corrected chi connectivity index (χ1v) is 6.15. The number of hydrogen-bond donors (Lipinski definition) is 2.